The molecular weight excluding hydrogens is 355 g/mol. The van der Waals surface area contributed by atoms with E-state index >= 15 is 0 Å². The van der Waals surface area contributed by atoms with Crippen molar-refractivity contribution >= 4 is 11.6 Å². The second-order valence-corrected chi connectivity index (χ2v) is 6.85. The molecular formula is C20H24F3N3O. The average molecular weight is 379 g/mol. The molecule has 2 aromatic rings. The molecule has 1 saturated carbocycles. The average Bonchev–Trinajstić information content (AvgIpc) is 2.62. The Morgan fingerprint density at radius 1 is 1.19 bits per heavy atom. The molecule has 0 radical (unpaired) electrons. The van der Waals surface area contributed by atoms with E-state index < -0.39 is 11.7 Å². The van der Waals surface area contributed by atoms with Crippen LogP contribution in [0.3, 0.4) is 0 Å². The third-order valence-corrected chi connectivity index (χ3v) is 4.75. The number of hydrogen-bond donors (Lipinski definition) is 0. The van der Waals surface area contributed by atoms with Crippen LogP contribution in [0.15, 0.2) is 30.5 Å². The quantitative estimate of drug-likeness (QED) is 0.671. The lowest BCUT2D eigenvalue weighted by atomic mass is 9.98. The standard InChI is InChI=1S/C20H24F3N3O/c1-3-26(15-9-7-8-14(2)12-15)19-24-13-17(20(21,22)23)18(25-19)27-16-10-5-4-6-11-16/h7-9,12-13,16H,3-6,10-11H2,1-2H3. The maximum Gasteiger partial charge on any atom is 0.423 e. The first-order valence-electron chi connectivity index (χ1n) is 9.33. The largest absolute Gasteiger partial charge is 0.474 e. The van der Waals surface area contributed by atoms with Crippen molar-refractivity contribution in [3.05, 3.63) is 41.6 Å². The Bertz CT molecular complexity index is 773. The van der Waals surface area contributed by atoms with Gasteiger partial charge in [0.2, 0.25) is 11.8 Å². The molecule has 0 amide bonds. The number of hydrogen-bond acceptors (Lipinski definition) is 4. The highest BCUT2D eigenvalue weighted by atomic mass is 19.4. The number of benzene rings is 1. The number of aryl methyl sites for hydroxylation is 1. The molecule has 0 spiro atoms. The minimum Gasteiger partial charge on any atom is -0.474 e. The lowest BCUT2D eigenvalue weighted by Gasteiger charge is -2.26. The number of alkyl halides is 3. The molecule has 0 N–H and O–H groups in total. The van der Waals surface area contributed by atoms with E-state index in [0.717, 1.165) is 49.6 Å². The normalized spacial score (nSPS) is 15.6. The van der Waals surface area contributed by atoms with Crippen molar-refractivity contribution < 1.29 is 17.9 Å². The zero-order valence-corrected chi connectivity index (χ0v) is 15.6. The topological polar surface area (TPSA) is 38.2 Å². The Kier molecular flexibility index (Phi) is 5.87. The summed E-state index contributed by atoms with van der Waals surface area (Å²) in [6, 6.07) is 7.70. The fourth-order valence-corrected chi connectivity index (χ4v) is 3.35. The number of nitrogens with zero attached hydrogens (tertiary/aromatic N) is 3. The highest BCUT2D eigenvalue weighted by molar-refractivity contribution is 5.58. The molecule has 0 saturated heterocycles. The predicted octanol–water partition coefficient (Wildman–Crippen LogP) is 5.67. The molecule has 1 aromatic carbocycles. The van der Waals surface area contributed by atoms with Gasteiger partial charge in [0.1, 0.15) is 11.7 Å². The van der Waals surface area contributed by atoms with Crippen LogP contribution in [0.25, 0.3) is 0 Å². The number of halogens is 3. The van der Waals surface area contributed by atoms with Crippen molar-refractivity contribution in [3.8, 4) is 5.88 Å². The molecule has 1 fully saturated rings. The molecule has 146 valence electrons. The van der Waals surface area contributed by atoms with Gasteiger partial charge in [0.15, 0.2) is 0 Å². The molecule has 0 unspecified atom stereocenters. The van der Waals surface area contributed by atoms with E-state index in [-0.39, 0.29) is 17.9 Å². The van der Waals surface area contributed by atoms with Crippen LogP contribution in [-0.4, -0.2) is 22.6 Å². The van der Waals surface area contributed by atoms with Crippen molar-refractivity contribution in [1.29, 1.82) is 0 Å². The highest BCUT2D eigenvalue weighted by Gasteiger charge is 2.37. The SMILES string of the molecule is CCN(c1cccc(C)c1)c1ncc(C(F)(F)F)c(OC2CCCCC2)n1. The van der Waals surface area contributed by atoms with Gasteiger partial charge in [0.05, 0.1) is 0 Å². The van der Waals surface area contributed by atoms with E-state index in [1.54, 1.807) is 4.90 Å². The van der Waals surface area contributed by atoms with Gasteiger partial charge in [0.25, 0.3) is 0 Å². The number of rotatable bonds is 5. The highest BCUT2D eigenvalue weighted by Crippen LogP contribution is 2.37. The third-order valence-electron chi connectivity index (χ3n) is 4.75. The summed E-state index contributed by atoms with van der Waals surface area (Å²) in [4.78, 5) is 9.95. The molecule has 3 rings (SSSR count). The fourth-order valence-electron chi connectivity index (χ4n) is 3.35. The van der Waals surface area contributed by atoms with Gasteiger partial charge in [-0.05, 0) is 57.2 Å². The molecule has 4 nitrogen and oxygen atoms in total. The molecule has 1 aromatic heterocycles. The molecule has 0 bridgehead atoms. The van der Waals surface area contributed by atoms with Crippen LogP contribution >= 0.6 is 0 Å². The molecule has 0 atom stereocenters. The Morgan fingerprint density at radius 3 is 2.56 bits per heavy atom. The Hall–Kier alpha value is -2.31. The molecule has 27 heavy (non-hydrogen) atoms. The monoisotopic (exact) mass is 379 g/mol. The summed E-state index contributed by atoms with van der Waals surface area (Å²) in [5.74, 6) is -0.160. The van der Waals surface area contributed by atoms with Crippen molar-refractivity contribution in [3.63, 3.8) is 0 Å². The molecule has 7 heteroatoms. The van der Waals surface area contributed by atoms with Gasteiger partial charge in [-0.1, -0.05) is 18.6 Å². The lowest BCUT2D eigenvalue weighted by Crippen LogP contribution is -2.24. The van der Waals surface area contributed by atoms with Crippen LogP contribution in [0.5, 0.6) is 5.88 Å². The van der Waals surface area contributed by atoms with E-state index in [0.29, 0.717) is 6.54 Å². The van der Waals surface area contributed by atoms with E-state index in [2.05, 4.69) is 9.97 Å². The minimum atomic E-state index is -4.55. The summed E-state index contributed by atoms with van der Waals surface area (Å²) in [5.41, 5.74) is 0.967. The van der Waals surface area contributed by atoms with Gasteiger partial charge in [-0.25, -0.2) is 4.98 Å². The molecule has 0 aliphatic heterocycles. The first kappa shape index (κ1) is 19.5. The first-order valence-corrected chi connectivity index (χ1v) is 9.33. The predicted molar refractivity (Wildman–Crippen MR) is 98.4 cm³/mol. The van der Waals surface area contributed by atoms with E-state index in [4.69, 9.17) is 4.74 Å². The summed E-state index contributed by atoms with van der Waals surface area (Å²) >= 11 is 0. The lowest BCUT2D eigenvalue weighted by molar-refractivity contribution is -0.140. The van der Waals surface area contributed by atoms with Gasteiger partial charge in [-0.3, -0.25) is 0 Å². The van der Waals surface area contributed by atoms with Crippen LogP contribution in [0.1, 0.15) is 50.2 Å². The summed E-state index contributed by atoms with van der Waals surface area (Å²) < 4.78 is 46.0. The maximum absolute atomic E-state index is 13.4. The van der Waals surface area contributed by atoms with Gasteiger partial charge < -0.3 is 9.64 Å². The Labute approximate surface area is 157 Å². The summed E-state index contributed by atoms with van der Waals surface area (Å²) in [6.07, 6.45) is 0.595. The molecule has 1 aliphatic rings. The molecule has 1 aliphatic carbocycles. The van der Waals surface area contributed by atoms with Crippen molar-refractivity contribution in [2.75, 3.05) is 11.4 Å². The van der Waals surface area contributed by atoms with Crippen molar-refractivity contribution in [1.82, 2.24) is 9.97 Å². The third kappa shape index (κ3) is 4.70. The van der Waals surface area contributed by atoms with Crippen LogP contribution in [0, 0.1) is 6.92 Å². The van der Waals surface area contributed by atoms with Gasteiger partial charge in [-0.15, -0.1) is 0 Å². The zero-order chi connectivity index (χ0) is 19.4. The summed E-state index contributed by atoms with van der Waals surface area (Å²) in [5, 5.41) is 0. The Balaban J connectivity index is 1.97. The second kappa shape index (κ2) is 8.15. The van der Waals surface area contributed by atoms with Crippen LogP contribution in [0.2, 0.25) is 0 Å². The summed E-state index contributed by atoms with van der Waals surface area (Å²) in [7, 11) is 0. The van der Waals surface area contributed by atoms with Gasteiger partial charge >= 0.3 is 6.18 Å². The zero-order valence-electron chi connectivity index (χ0n) is 15.6. The molecule has 1 heterocycles. The van der Waals surface area contributed by atoms with E-state index in [1.165, 1.54) is 0 Å². The van der Waals surface area contributed by atoms with Crippen molar-refractivity contribution in [2.45, 2.75) is 58.2 Å². The van der Waals surface area contributed by atoms with Crippen LogP contribution in [0.4, 0.5) is 24.8 Å². The maximum atomic E-state index is 13.4. The summed E-state index contributed by atoms with van der Waals surface area (Å²) in [6.45, 7) is 4.39. The van der Waals surface area contributed by atoms with E-state index in [9.17, 15) is 13.2 Å². The van der Waals surface area contributed by atoms with Gasteiger partial charge in [-0.2, -0.15) is 18.2 Å². The number of anilines is 2. The van der Waals surface area contributed by atoms with E-state index in [1.807, 2.05) is 38.1 Å². The first-order chi connectivity index (χ1) is 12.9. The second-order valence-electron chi connectivity index (χ2n) is 6.85. The minimum absolute atomic E-state index is 0.210. The Morgan fingerprint density at radius 2 is 1.93 bits per heavy atom. The smallest absolute Gasteiger partial charge is 0.423 e. The number of aromatic nitrogens is 2. The van der Waals surface area contributed by atoms with Gasteiger partial charge in [0, 0.05) is 18.4 Å². The number of ether oxygens (including phenoxy) is 1. The fraction of sp³-hybridized carbons (Fsp3) is 0.500. The van der Waals surface area contributed by atoms with Crippen LogP contribution < -0.4 is 9.64 Å². The van der Waals surface area contributed by atoms with Crippen molar-refractivity contribution in [2.24, 2.45) is 0 Å². The van der Waals surface area contributed by atoms with Crippen LogP contribution in [-0.2, 0) is 6.18 Å².